The number of hydrogen-bond donors (Lipinski definition) is 0. The van der Waals surface area contributed by atoms with E-state index in [1.165, 1.54) is 10.7 Å². The number of amides is 4. The summed E-state index contributed by atoms with van der Waals surface area (Å²) in [5.41, 5.74) is 2.30. The number of imide groups is 1. The molecule has 9 nitrogen and oxygen atoms in total. The van der Waals surface area contributed by atoms with E-state index in [1.54, 1.807) is 9.80 Å². The molecule has 0 atom stereocenters. The average Bonchev–Trinajstić information content (AvgIpc) is 3.53. The molecule has 1 aliphatic carbocycles. The zero-order valence-electron chi connectivity index (χ0n) is 18.4. The minimum atomic E-state index is -0.981. The molecule has 11 heteroatoms. The first kappa shape index (κ1) is 22.2. The maximum absolute atomic E-state index is 13.8. The van der Waals surface area contributed by atoms with Crippen LogP contribution >= 0.6 is 0 Å². The molecule has 0 radical (unpaired) electrons. The topological polar surface area (TPSA) is 95.8 Å². The van der Waals surface area contributed by atoms with Gasteiger partial charge in [-0.05, 0) is 31.4 Å². The minimum absolute atomic E-state index is 0.135. The second kappa shape index (κ2) is 8.62. The van der Waals surface area contributed by atoms with Crippen LogP contribution in [-0.4, -0.2) is 80.8 Å². The van der Waals surface area contributed by atoms with Gasteiger partial charge in [0.25, 0.3) is 5.91 Å². The third-order valence-electron chi connectivity index (χ3n) is 6.65. The van der Waals surface area contributed by atoms with E-state index in [2.05, 4.69) is 5.10 Å². The van der Waals surface area contributed by atoms with Crippen LogP contribution in [0.1, 0.15) is 41.0 Å². The Bertz CT molecular complexity index is 1190. The first-order valence-corrected chi connectivity index (χ1v) is 11.3. The molecule has 34 heavy (non-hydrogen) atoms. The molecule has 0 N–H and O–H groups in total. The maximum atomic E-state index is 13.8. The molecule has 0 bridgehead atoms. The normalized spacial score (nSPS) is 18.1. The van der Waals surface area contributed by atoms with Crippen molar-refractivity contribution in [1.82, 2.24) is 24.5 Å². The van der Waals surface area contributed by atoms with Crippen LogP contribution in [0.25, 0.3) is 5.69 Å². The number of fused-ring (bicyclic) bond motifs is 1. The summed E-state index contributed by atoms with van der Waals surface area (Å²) in [5, 5.41) is 4.46. The standard InChI is InChI=1S/C23H23F2N5O4/c24-16-5-4-14(12-17(16)25)30-18-3-1-2-15(18)22(26-30)23(34)28-10-8-27(9-11-28)21(33)13-29-19(31)6-7-20(29)32/h4-5,12H,1-3,6-11,13H2. The lowest BCUT2D eigenvalue weighted by Gasteiger charge is -2.35. The van der Waals surface area contributed by atoms with Gasteiger partial charge in [0.15, 0.2) is 17.3 Å². The molecule has 1 aromatic carbocycles. The molecular weight excluding hydrogens is 448 g/mol. The number of halogens is 2. The van der Waals surface area contributed by atoms with Gasteiger partial charge in [-0.2, -0.15) is 5.10 Å². The molecule has 4 amide bonds. The molecule has 178 valence electrons. The van der Waals surface area contributed by atoms with Crippen LogP contribution in [0.3, 0.4) is 0 Å². The first-order valence-electron chi connectivity index (χ1n) is 11.3. The van der Waals surface area contributed by atoms with Gasteiger partial charge >= 0.3 is 0 Å². The lowest BCUT2D eigenvalue weighted by atomic mass is 10.1. The smallest absolute Gasteiger partial charge is 0.274 e. The average molecular weight is 471 g/mol. The van der Waals surface area contributed by atoms with E-state index in [-0.39, 0.29) is 56.1 Å². The summed E-state index contributed by atoms with van der Waals surface area (Å²) in [4.78, 5) is 53.5. The summed E-state index contributed by atoms with van der Waals surface area (Å²) in [5.74, 6) is -3.19. The zero-order valence-corrected chi connectivity index (χ0v) is 18.4. The van der Waals surface area contributed by atoms with Crippen LogP contribution in [-0.2, 0) is 27.2 Å². The van der Waals surface area contributed by atoms with Crippen molar-refractivity contribution in [2.75, 3.05) is 32.7 Å². The quantitative estimate of drug-likeness (QED) is 0.622. The summed E-state index contributed by atoms with van der Waals surface area (Å²) in [6, 6.07) is 3.53. The Kier molecular flexibility index (Phi) is 5.62. The SMILES string of the molecule is O=C(CN1C(=O)CCC1=O)N1CCN(C(=O)c2nn(-c3ccc(F)c(F)c3)c3c2CCC3)CC1. The van der Waals surface area contributed by atoms with Gasteiger partial charge in [0, 0.05) is 56.3 Å². The van der Waals surface area contributed by atoms with E-state index < -0.39 is 11.6 Å². The van der Waals surface area contributed by atoms with Gasteiger partial charge in [-0.1, -0.05) is 0 Å². The van der Waals surface area contributed by atoms with E-state index >= 15 is 0 Å². The summed E-state index contributed by atoms with van der Waals surface area (Å²) < 4.78 is 28.7. The second-order valence-electron chi connectivity index (χ2n) is 8.68. The van der Waals surface area contributed by atoms with Crippen molar-refractivity contribution in [1.29, 1.82) is 0 Å². The molecule has 2 saturated heterocycles. The Morgan fingerprint density at radius 1 is 0.882 bits per heavy atom. The summed E-state index contributed by atoms with van der Waals surface area (Å²) in [6.45, 7) is 0.885. The third kappa shape index (κ3) is 3.84. The Balaban J connectivity index is 1.28. The van der Waals surface area contributed by atoms with Crippen LogP contribution in [0.2, 0.25) is 0 Å². The van der Waals surface area contributed by atoms with Crippen molar-refractivity contribution >= 4 is 23.6 Å². The fourth-order valence-electron chi connectivity index (χ4n) is 4.78. The van der Waals surface area contributed by atoms with Gasteiger partial charge in [0.2, 0.25) is 17.7 Å². The number of likely N-dealkylation sites (tertiary alicyclic amines) is 1. The molecule has 3 heterocycles. The van der Waals surface area contributed by atoms with Gasteiger partial charge in [-0.15, -0.1) is 0 Å². The van der Waals surface area contributed by atoms with Crippen molar-refractivity contribution in [3.05, 3.63) is 46.8 Å². The molecule has 5 rings (SSSR count). The Morgan fingerprint density at radius 3 is 2.24 bits per heavy atom. The molecule has 0 unspecified atom stereocenters. The number of benzene rings is 1. The lowest BCUT2D eigenvalue weighted by molar-refractivity contribution is -0.146. The van der Waals surface area contributed by atoms with Crippen molar-refractivity contribution in [2.24, 2.45) is 0 Å². The molecule has 2 aliphatic heterocycles. The Hall–Kier alpha value is -3.63. The van der Waals surface area contributed by atoms with Crippen molar-refractivity contribution in [2.45, 2.75) is 32.1 Å². The largest absolute Gasteiger partial charge is 0.338 e. The van der Waals surface area contributed by atoms with Gasteiger partial charge in [0.1, 0.15) is 6.54 Å². The highest BCUT2D eigenvalue weighted by molar-refractivity contribution is 6.04. The highest BCUT2D eigenvalue weighted by Crippen LogP contribution is 2.29. The Labute approximate surface area is 193 Å². The van der Waals surface area contributed by atoms with Crippen LogP contribution in [0.4, 0.5) is 8.78 Å². The highest BCUT2D eigenvalue weighted by atomic mass is 19.2. The second-order valence-corrected chi connectivity index (χ2v) is 8.68. The van der Waals surface area contributed by atoms with E-state index in [1.807, 2.05) is 0 Å². The first-order chi connectivity index (χ1) is 16.3. The molecular formula is C23H23F2N5O4. The van der Waals surface area contributed by atoms with Gasteiger partial charge in [-0.3, -0.25) is 24.1 Å². The van der Waals surface area contributed by atoms with Gasteiger partial charge in [0.05, 0.1) is 5.69 Å². The summed E-state index contributed by atoms with van der Waals surface area (Å²) in [6.07, 6.45) is 2.47. The lowest BCUT2D eigenvalue weighted by Crippen LogP contribution is -2.53. The molecule has 2 fully saturated rings. The number of carbonyl (C=O) groups excluding carboxylic acids is 4. The minimum Gasteiger partial charge on any atom is -0.338 e. The fourth-order valence-corrected chi connectivity index (χ4v) is 4.78. The Morgan fingerprint density at radius 2 is 1.56 bits per heavy atom. The van der Waals surface area contributed by atoms with Crippen LogP contribution < -0.4 is 0 Å². The molecule has 3 aliphatic rings. The maximum Gasteiger partial charge on any atom is 0.274 e. The molecule has 0 saturated carbocycles. The molecule has 1 aromatic heterocycles. The van der Waals surface area contributed by atoms with Crippen molar-refractivity contribution < 1.29 is 28.0 Å². The number of rotatable bonds is 4. The number of hydrogen-bond acceptors (Lipinski definition) is 5. The number of carbonyl (C=O) groups is 4. The number of piperazine rings is 1. The van der Waals surface area contributed by atoms with Gasteiger partial charge in [-0.25, -0.2) is 13.5 Å². The third-order valence-corrected chi connectivity index (χ3v) is 6.65. The highest BCUT2D eigenvalue weighted by Gasteiger charge is 2.34. The van der Waals surface area contributed by atoms with Crippen molar-refractivity contribution in [3.63, 3.8) is 0 Å². The van der Waals surface area contributed by atoms with Crippen LogP contribution in [0.5, 0.6) is 0 Å². The van der Waals surface area contributed by atoms with E-state index in [0.717, 1.165) is 34.7 Å². The van der Waals surface area contributed by atoms with E-state index in [9.17, 15) is 28.0 Å². The zero-order chi connectivity index (χ0) is 24.0. The number of aromatic nitrogens is 2. The summed E-state index contributed by atoms with van der Waals surface area (Å²) >= 11 is 0. The monoisotopic (exact) mass is 471 g/mol. The van der Waals surface area contributed by atoms with Crippen LogP contribution in [0, 0.1) is 11.6 Å². The van der Waals surface area contributed by atoms with Crippen molar-refractivity contribution in [3.8, 4) is 5.69 Å². The molecule has 0 spiro atoms. The fraction of sp³-hybridized carbons (Fsp3) is 0.435. The number of nitrogens with zero attached hydrogens (tertiary/aromatic N) is 5. The predicted octanol–water partition coefficient (Wildman–Crippen LogP) is 1.07. The van der Waals surface area contributed by atoms with Crippen LogP contribution in [0.15, 0.2) is 18.2 Å². The van der Waals surface area contributed by atoms with E-state index in [4.69, 9.17) is 0 Å². The van der Waals surface area contributed by atoms with E-state index in [0.29, 0.717) is 37.3 Å². The van der Waals surface area contributed by atoms with Gasteiger partial charge < -0.3 is 9.80 Å². The molecule has 2 aromatic rings. The summed E-state index contributed by atoms with van der Waals surface area (Å²) in [7, 11) is 0. The predicted molar refractivity (Wildman–Crippen MR) is 114 cm³/mol.